The quantitative estimate of drug-likeness (QED) is 0.601. The lowest BCUT2D eigenvalue weighted by molar-refractivity contribution is -0.138. The van der Waals surface area contributed by atoms with Gasteiger partial charge in [0.25, 0.3) is 0 Å². The van der Waals surface area contributed by atoms with Crippen LogP contribution in [0.25, 0.3) is 6.08 Å². The van der Waals surface area contributed by atoms with Crippen LogP contribution in [0.1, 0.15) is 21.5 Å². The molecule has 140 valence electrons. The van der Waals surface area contributed by atoms with E-state index in [0.29, 0.717) is 5.56 Å². The number of rotatable bonds is 2. The standard InChI is InChI=1S/C23H20N2O3/c1-13-7-9-15(10-8-13)21(26)20-19-18(22(27)24(2)23(19)28)17-12-11-14-5-3-4-6-16(14)25(17)20/h3-12,17-20H,1-2H3/t17-,18-,19-,20+/m0/s1. The summed E-state index contributed by atoms with van der Waals surface area (Å²) in [5, 5.41) is 0. The van der Waals surface area contributed by atoms with Crippen LogP contribution in [0, 0.1) is 18.8 Å². The number of carbonyl (C=O) groups is 3. The molecule has 0 spiro atoms. The first-order valence-corrected chi connectivity index (χ1v) is 9.47. The van der Waals surface area contributed by atoms with Crippen molar-refractivity contribution in [2.75, 3.05) is 11.9 Å². The van der Waals surface area contributed by atoms with Crippen LogP contribution in [-0.4, -0.2) is 41.6 Å². The van der Waals surface area contributed by atoms with Gasteiger partial charge in [-0.3, -0.25) is 19.3 Å². The topological polar surface area (TPSA) is 57.7 Å². The first-order valence-electron chi connectivity index (χ1n) is 9.47. The molecule has 0 aliphatic carbocycles. The fourth-order valence-corrected chi connectivity index (χ4v) is 4.85. The summed E-state index contributed by atoms with van der Waals surface area (Å²) in [6.07, 6.45) is 3.95. The monoisotopic (exact) mass is 372 g/mol. The number of hydrogen-bond donors (Lipinski definition) is 0. The molecule has 2 aromatic rings. The van der Waals surface area contributed by atoms with Gasteiger partial charge < -0.3 is 4.90 Å². The zero-order valence-corrected chi connectivity index (χ0v) is 15.7. The number of aryl methyl sites for hydroxylation is 1. The van der Waals surface area contributed by atoms with Crippen molar-refractivity contribution in [1.29, 1.82) is 0 Å². The van der Waals surface area contributed by atoms with Gasteiger partial charge in [0.05, 0.1) is 17.9 Å². The van der Waals surface area contributed by atoms with Gasteiger partial charge in [0.15, 0.2) is 5.78 Å². The maximum atomic E-state index is 13.6. The van der Waals surface area contributed by atoms with E-state index in [1.165, 1.54) is 11.9 Å². The van der Waals surface area contributed by atoms with Gasteiger partial charge >= 0.3 is 0 Å². The minimum absolute atomic E-state index is 0.112. The number of amides is 2. The van der Waals surface area contributed by atoms with Crippen molar-refractivity contribution in [1.82, 2.24) is 4.90 Å². The summed E-state index contributed by atoms with van der Waals surface area (Å²) in [6.45, 7) is 1.97. The number of ketones is 1. The number of anilines is 1. The Kier molecular flexibility index (Phi) is 3.56. The Morgan fingerprint density at radius 2 is 1.61 bits per heavy atom. The van der Waals surface area contributed by atoms with E-state index >= 15 is 0 Å². The van der Waals surface area contributed by atoms with Crippen LogP contribution in [0.4, 0.5) is 5.69 Å². The van der Waals surface area contributed by atoms with E-state index in [1.807, 2.05) is 60.4 Å². The summed E-state index contributed by atoms with van der Waals surface area (Å²) in [6, 6.07) is 14.2. The summed E-state index contributed by atoms with van der Waals surface area (Å²) in [4.78, 5) is 42.6. The number of hydrogen-bond acceptors (Lipinski definition) is 4. The Hall–Kier alpha value is -3.21. The van der Waals surface area contributed by atoms with Crippen molar-refractivity contribution in [3.63, 3.8) is 0 Å². The number of Topliss-reactive ketones (excluding diaryl/α,β-unsaturated/α-hetero) is 1. The Balaban J connectivity index is 1.67. The largest absolute Gasteiger partial charge is 0.352 e. The van der Waals surface area contributed by atoms with E-state index in [9.17, 15) is 14.4 Å². The second kappa shape index (κ2) is 5.89. The van der Waals surface area contributed by atoms with Crippen LogP contribution in [0.5, 0.6) is 0 Å². The highest BCUT2D eigenvalue weighted by atomic mass is 16.2. The normalized spacial score (nSPS) is 27.6. The number of nitrogens with zero attached hydrogens (tertiary/aromatic N) is 2. The summed E-state index contributed by atoms with van der Waals surface area (Å²) in [5.41, 5.74) is 3.53. The van der Waals surface area contributed by atoms with E-state index in [1.54, 1.807) is 12.1 Å². The molecule has 5 rings (SSSR count). The molecule has 0 bridgehead atoms. The fourth-order valence-electron chi connectivity index (χ4n) is 4.85. The van der Waals surface area contributed by atoms with Crippen LogP contribution in [-0.2, 0) is 9.59 Å². The highest BCUT2D eigenvalue weighted by molar-refractivity contribution is 6.13. The average Bonchev–Trinajstić information content (AvgIpc) is 3.17. The Labute approximate surface area is 163 Å². The molecular weight excluding hydrogens is 352 g/mol. The van der Waals surface area contributed by atoms with Gasteiger partial charge in [-0.1, -0.05) is 60.2 Å². The van der Waals surface area contributed by atoms with Gasteiger partial charge in [-0.05, 0) is 18.6 Å². The number of fused-ring (bicyclic) bond motifs is 5. The molecule has 2 saturated heterocycles. The number of benzene rings is 2. The Morgan fingerprint density at radius 3 is 2.36 bits per heavy atom. The van der Waals surface area contributed by atoms with Crippen molar-refractivity contribution in [3.8, 4) is 0 Å². The van der Waals surface area contributed by atoms with Crippen LogP contribution < -0.4 is 4.90 Å². The molecule has 2 amide bonds. The zero-order valence-electron chi connectivity index (χ0n) is 15.7. The van der Waals surface area contributed by atoms with Gasteiger partial charge in [-0.25, -0.2) is 0 Å². The number of likely N-dealkylation sites (tertiary alicyclic amines) is 1. The van der Waals surface area contributed by atoms with Crippen LogP contribution >= 0.6 is 0 Å². The highest BCUT2D eigenvalue weighted by Gasteiger charge is 2.63. The molecule has 0 aromatic heterocycles. The molecule has 3 aliphatic rings. The predicted molar refractivity (Wildman–Crippen MR) is 106 cm³/mol. The molecule has 0 saturated carbocycles. The van der Waals surface area contributed by atoms with Crippen LogP contribution in [0.15, 0.2) is 54.6 Å². The Morgan fingerprint density at radius 1 is 0.929 bits per heavy atom. The summed E-state index contributed by atoms with van der Waals surface area (Å²) < 4.78 is 0. The maximum absolute atomic E-state index is 13.6. The molecule has 0 radical (unpaired) electrons. The van der Waals surface area contributed by atoms with Gasteiger partial charge in [0.2, 0.25) is 11.8 Å². The SMILES string of the molecule is Cc1ccc(C(=O)[C@H]2[C@H]3C(=O)N(C)C(=O)[C@H]3[C@@H]3C=Cc4ccccc4N32)cc1. The first-order chi connectivity index (χ1) is 13.5. The van der Waals surface area contributed by atoms with Crippen molar-refractivity contribution in [2.45, 2.75) is 19.0 Å². The van der Waals surface area contributed by atoms with Gasteiger partial charge in [0, 0.05) is 18.3 Å². The van der Waals surface area contributed by atoms with Crippen molar-refractivity contribution >= 4 is 29.4 Å². The number of para-hydroxylation sites is 1. The second-order valence-corrected chi connectivity index (χ2v) is 7.78. The zero-order chi connectivity index (χ0) is 19.6. The summed E-state index contributed by atoms with van der Waals surface area (Å²) in [5.74, 6) is -1.76. The van der Waals surface area contributed by atoms with E-state index in [2.05, 4.69) is 0 Å². The smallest absolute Gasteiger partial charge is 0.235 e. The molecule has 0 unspecified atom stereocenters. The summed E-state index contributed by atoms with van der Waals surface area (Å²) in [7, 11) is 1.52. The minimum atomic E-state index is -0.690. The van der Waals surface area contributed by atoms with E-state index in [-0.39, 0.29) is 23.6 Å². The first kappa shape index (κ1) is 16.9. The highest BCUT2D eigenvalue weighted by Crippen LogP contribution is 2.48. The third-order valence-corrected chi connectivity index (χ3v) is 6.24. The van der Waals surface area contributed by atoms with Crippen molar-refractivity contribution in [2.24, 2.45) is 11.8 Å². The maximum Gasteiger partial charge on any atom is 0.235 e. The average molecular weight is 372 g/mol. The lowest BCUT2D eigenvalue weighted by Gasteiger charge is -2.36. The Bertz CT molecular complexity index is 1040. The fraction of sp³-hybridized carbons (Fsp3) is 0.261. The molecule has 5 heteroatoms. The molecule has 0 N–H and O–H groups in total. The minimum Gasteiger partial charge on any atom is -0.352 e. The van der Waals surface area contributed by atoms with E-state index in [0.717, 1.165) is 16.8 Å². The molecule has 2 aromatic carbocycles. The molecule has 5 nitrogen and oxygen atoms in total. The third-order valence-electron chi connectivity index (χ3n) is 6.24. The summed E-state index contributed by atoms with van der Waals surface area (Å²) >= 11 is 0. The van der Waals surface area contributed by atoms with E-state index in [4.69, 9.17) is 0 Å². The van der Waals surface area contributed by atoms with E-state index < -0.39 is 17.9 Å². The van der Waals surface area contributed by atoms with Crippen molar-refractivity contribution in [3.05, 3.63) is 71.3 Å². The third kappa shape index (κ3) is 2.16. The molecule has 3 heterocycles. The lowest BCUT2D eigenvalue weighted by atomic mass is 9.86. The second-order valence-electron chi connectivity index (χ2n) is 7.78. The number of imide groups is 1. The van der Waals surface area contributed by atoms with Crippen LogP contribution in [0.3, 0.4) is 0 Å². The predicted octanol–water partition coefficient (Wildman–Crippen LogP) is 2.69. The molecular formula is C23H20N2O3. The van der Waals surface area contributed by atoms with Crippen LogP contribution in [0.2, 0.25) is 0 Å². The van der Waals surface area contributed by atoms with Crippen molar-refractivity contribution < 1.29 is 14.4 Å². The van der Waals surface area contributed by atoms with Gasteiger partial charge in [-0.15, -0.1) is 0 Å². The molecule has 4 atom stereocenters. The van der Waals surface area contributed by atoms with Gasteiger partial charge in [0.1, 0.15) is 6.04 Å². The molecule has 28 heavy (non-hydrogen) atoms. The number of carbonyl (C=O) groups excluding carboxylic acids is 3. The van der Waals surface area contributed by atoms with Gasteiger partial charge in [-0.2, -0.15) is 0 Å². The molecule has 3 aliphatic heterocycles. The molecule has 2 fully saturated rings. The lowest BCUT2D eigenvalue weighted by Crippen LogP contribution is -2.48.